The lowest BCUT2D eigenvalue weighted by molar-refractivity contribution is 0.0701. The standard InChI is InChI=1S/C14H19N3O2S/c1-10-8-11(2)17(16-10)6-3-5-15-9-12-4-7-20-13(12)14(18)19/h4,7-8,15H,3,5-6,9H2,1-2H3,(H,18,19). The van der Waals surface area contributed by atoms with Gasteiger partial charge in [0.15, 0.2) is 0 Å². The van der Waals surface area contributed by atoms with Gasteiger partial charge in [-0.3, -0.25) is 4.68 Å². The number of carbonyl (C=O) groups is 1. The van der Waals surface area contributed by atoms with Crippen LogP contribution in [0.2, 0.25) is 0 Å². The number of hydrogen-bond acceptors (Lipinski definition) is 4. The predicted octanol–water partition coefficient (Wildman–Crippen LogP) is 2.44. The Labute approximate surface area is 122 Å². The van der Waals surface area contributed by atoms with Crippen molar-refractivity contribution in [3.8, 4) is 0 Å². The van der Waals surface area contributed by atoms with Gasteiger partial charge in [-0.1, -0.05) is 0 Å². The third-order valence-corrected chi connectivity index (χ3v) is 4.03. The number of carboxylic acids is 1. The molecule has 2 N–H and O–H groups in total. The van der Waals surface area contributed by atoms with Crippen LogP contribution in [0.25, 0.3) is 0 Å². The van der Waals surface area contributed by atoms with Crippen molar-refractivity contribution in [2.75, 3.05) is 6.54 Å². The van der Waals surface area contributed by atoms with E-state index in [0.717, 1.165) is 30.8 Å². The second kappa shape index (κ2) is 6.67. The molecule has 20 heavy (non-hydrogen) atoms. The zero-order valence-electron chi connectivity index (χ0n) is 11.7. The fourth-order valence-corrected chi connectivity index (χ4v) is 2.90. The van der Waals surface area contributed by atoms with Crippen LogP contribution in [-0.4, -0.2) is 27.4 Å². The number of rotatable bonds is 7. The summed E-state index contributed by atoms with van der Waals surface area (Å²) < 4.78 is 2.00. The van der Waals surface area contributed by atoms with E-state index in [1.807, 2.05) is 23.1 Å². The molecule has 2 rings (SSSR count). The third-order valence-electron chi connectivity index (χ3n) is 3.08. The summed E-state index contributed by atoms with van der Waals surface area (Å²) in [5.74, 6) is -0.848. The Hall–Kier alpha value is -1.66. The van der Waals surface area contributed by atoms with Crippen LogP contribution in [0, 0.1) is 13.8 Å². The van der Waals surface area contributed by atoms with E-state index < -0.39 is 5.97 Å². The van der Waals surface area contributed by atoms with E-state index in [4.69, 9.17) is 5.11 Å². The molecule has 2 heterocycles. The molecular formula is C14H19N3O2S. The van der Waals surface area contributed by atoms with Crippen molar-refractivity contribution < 1.29 is 9.90 Å². The van der Waals surface area contributed by atoms with Crippen LogP contribution < -0.4 is 5.32 Å². The van der Waals surface area contributed by atoms with Crippen molar-refractivity contribution in [3.05, 3.63) is 39.3 Å². The highest BCUT2D eigenvalue weighted by atomic mass is 32.1. The smallest absolute Gasteiger partial charge is 0.346 e. The zero-order chi connectivity index (χ0) is 14.5. The first kappa shape index (κ1) is 14.7. The largest absolute Gasteiger partial charge is 0.477 e. The van der Waals surface area contributed by atoms with E-state index in [9.17, 15) is 4.79 Å². The molecule has 0 spiro atoms. The average molecular weight is 293 g/mol. The lowest BCUT2D eigenvalue weighted by Crippen LogP contribution is -2.18. The van der Waals surface area contributed by atoms with E-state index in [0.29, 0.717) is 11.4 Å². The van der Waals surface area contributed by atoms with Gasteiger partial charge in [0.05, 0.1) is 5.69 Å². The van der Waals surface area contributed by atoms with Gasteiger partial charge in [0.1, 0.15) is 4.88 Å². The molecule has 0 aliphatic heterocycles. The van der Waals surface area contributed by atoms with Gasteiger partial charge in [-0.15, -0.1) is 11.3 Å². The van der Waals surface area contributed by atoms with Crippen molar-refractivity contribution in [1.29, 1.82) is 0 Å². The number of aromatic carboxylic acids is 1. The highest BCUT2D eigenvalue weighted by Gasteiger charge is 2.10. The Morgan fingerprint density at radius 2 is 2.30 bits per heavy atom. The van der Waals surface area contributed by atoms with Crippen LogP contribution in [0.1, 0.15) is 33.0 Å². The number of nitrogens with one attached hydrogen (secondary N) is 1. The van der Waals surface area contributed by atoms with Gasteiger partial charge < -0.3 is 10.4 Å². The number of aryl methyl sites for hydroxylation is 3. The zero-order valence-corrected chi connectivity index (χ0v) is 12.5. The lowest BCUT2D eigenvalue weighted by Gasteiger charge is -2.06. The van der Waals surface area contributed by atoms with E-state index in [1.165, 1.54) is 17.0 Å². The van der Waals surface area contributed by atoms with Crippen molar-refractivity contribution >= 4 is 17.3 Å². The molecular weight excluding hydrogens is 274 g/mol. The molecule has 0 aliphatic carbocycles. The highest BCUT2D eigenvalue weighted by molar-refractivity contribution is 7.12. The average Bonchev–Trinajstić information content (AvgIpc) is 2.96. The first-order chi connectivity index (χ1) is 9.58. The minimum Gasteiger partial charge on any atom is -0.477 e. The minimum absolute atomic E-state index is 0.427. The Kier molecular flexibility index (Phi) is 4.92. The van der Waals surface area contributed by atoms with Crippen LogP contribution in [0.3, 0.4) is 0 Å². The molecule has 0 saturated carbocycles. The van der Waals surface area contributed by atoms with E-state index >= 15 is 0 Å². The maximum atomic E-state index is 11.0. The molecule has 0 aliphatic rings. The Morgan fingerprint density at radius 3 is 2.95 bits per heavy atom. The van der Waals surface area contributed by atoms with Crippen LogP contribution in [0.4, 0.5) is 0 Å². The topological polar surface area (TPSA) is 67.2 Å². The number of aromatic nitrogens is 2. The van der Waals surface area contributed by atoms with Gasteiger partial charge in [-0.2, -0.15) is 5.10 Å². The summed E-state index contributed by atoms with van der Waals surface area (Å²) in [6, 6.07) is 3.93. The monoisotopic (exact) mass is 293 g/mol. The molecule has 0 aromatic carbocycles. The Balaban J connectivity index is 1.73. The molecule has 0 amide bonds. The maximum absolute atomic E-state index is 11.0. The van der Waals surface area contributed by atoms with Crippen LogP contribution in [0.5, 0.6) is 0 Å². The first-order valence-electron chi connectivity index (χ1n) is 6.59. The number of hydrogen-bond donors (Lipinski definition) is 2. The molecule has 0 radical (unpaired) electrons. The molecule has 0 saturated heterocycles. The fourth-order valence-electron chi connectivity index (χ4n) is 2.14. The SMILES string of the molecule is Cc1cc(C)n(CCCNCc2ccsc2C(=O)O)n1. The summed E-state index contributed by atoms with van der Waals surface area (Å²) in [5.41, 5.74) is 3.07. The van der Waals surface area contributed by atoms with E-state index in [-0.39, 0.29) is 0 Å². The second-order valence-electron chi connectivity index (χ2n) is 4.76. The molecule has 2 aromatic heterocycles. The van der Waals surface area contributed by atoms with E-state index in [1.54, 1.807) is 0 Å². The number of nitrogens with zero attached hydrogens (tertiary/aromatic N) is 2. The third kappa shape index (κ3) is 3.68. The molecule has 0 bridgehead atoms. The Bertz CT molecular complexity index is 589. The summed E-state index contributed by atoms with van der Waals surface area (Å²) in [6.45, 7) is 6.36. The molecule has 5 nitrogen and oxygen atoms in total. The predicted molar refractivity (Wildman–Crippen MR) is 79.3 cm³/mol. The number of carboxylic acid groups (broad SMARTS) is 1. The van der Waals surface area contributed by atoms with Gasteiger partial charge >= 0.3 is 5.97 Å². The van der Waals surface area contributed by atoms with Gasteiger partial charge in [0.2, 0.25) is 0 Å². The quantitative estimate of drug-likeness (QED) is 0.769. The van der Waals surface area contributed by atoms with Crippen molar-refractivity contribution in [3.63, 3.8) is 0 Å². The molecule has 2 aromatic rings. The summed E-state index contributed by atoms with van der Waals surface area (Å²) in [4.78, 5) is 11.4. The molecule has 0 unspecified atom stereocenters. The molecule has 6 heteroatoms. The molecule has 0 fully saturated rings. The van der Waals surface area contributed by atoms with Crippen molar-refractivity contribution in [2.24, 2.45) is 0 Å². The normalized spacial score (nSPS) is 10.9. The second-order valence-corrected chi connectivity index (χ2v) is 5.68. The summed E-state index contributed by atoms with van der Waals surface area (Å²) in [5, 5.41) is 18.5. The van der Waals surface area contributed by atoms with Gasteiger partial charge in [0, 0.05) is 18.8 Å². The summed E-state index contributed by atoms with van der Waals surface area (Å²) in [6.07, 6.45) is 0.967. The highest BCUT2D eigenvalue weighted by Crippen LogP contribution is 2.16. The fraction of sp³-hybridized carbons (Fsp3) is 0.429. The Morgan fingerprint density at radius 1 is 1.50 bits per heavy atom. The lowest BCUT2D eigenvalue weighted by atomic mass is 10.2. The van der Waals surface area contributed by atoms with Gasteiger partial charge in [0.25, 0.3) is 0 Å². The van der Waals surface area contributed by atoms with Gasteiger partial charge in [-0.25, -0.2) is 4.79 Å². The van der Waals surface area contributed by atoms with Crippen molar-refractivity contribution in [1.82, 2.24) is 15.1 Å². The van der Waals surface area contributed by atoms with Gasteiger partial charge in [-0.05, 0) is 49.9 Å². The van der Waals surface area contributed by atoms with Crippen molar-refractivity contribution in [2.45, 2.75) is 33.4 Å². The summed E-state index contributed by atoms with van der Waals surface area (Å²) in [7, 11) is 0. The number of thiophene rings is 1. The van der Waals surface area contributed by atoms with Crippen LogP contribution >= 0.6 is 11.3 Å². The minimum atomic E-state index is -0.848. The first-order valence-corrected chi connectivity index (χ1v) is 7.47. The maximum Gasteiger partial charge on any atom is 0.346 e. The van der Waals surface area contributed by atoms with E-state index in [2.05, 4.69) is 23.4 Å². The summed E-state index contributed by atoms with van der Waals surface area (Å²) >= 11 is 1.27. The molecule has 108 valence electrons. The van der Waals surface area contributed by atoms with Crippen LogP contribution in [-0.2, 0) is 13.1 Å². The molecule has 0 atom stereocenters. The van der Waals surface area contributed by atoms with Crippen LogP contribution in [0.15, 0.2) is 17.5 Å².